The smallest absolute Gasteiger partial charge is 0.349 e. The summed E-state index contributed by atoms with van der Waals surface area (Å²) in [6.45, 7) is 0.209. The minimum Gasteiger partial charge on any atom is -0.467 e. The number of aromatic nitrogens is 2. The second-order valence-electron chi connectivity index (χ2n) is 5.71. The molecule has 0 aliphatic carbocycles. The number of rotatable bonds is 5. The van der Waals surface area contributed by atoms with Gasteiger partial charge in [-0.3, -0.25) is 9.48 Å². The maximum absolute atomic E-state index is 12.5. The van der Waals surface area contributed by atoms with Gasteiger partial charge in [0.25, 0.3) is 5.91 Å². The molecule has 4 rings (SSSR count). The lowest BCUT2D eigenvalue weighted by Crippen LogP contribution is -2.33. The van der Waals surface area contributed by atoms with Gasteiger partial charge in [-0.2, -0.15) is 5.10 Å². The normalized spacial score (nSPS) is 12.2. The van der Waals surface area contributed by atoms with Crippen LogP contribution in [-0.2, 0) is 0 Å². The lowest BCUT2D eigenvalue weighted by atomic mass is 10.1. The summed E-state index contributed by atoms with van der Waals surface area (Å²) in [7, 11) is 0. The number of amides is 1. The lowest BCUT2D eigenvalue weighted by Gasteiger charge is -2.16. The van der Waals surface area contributed by atoms with E-state index in [2.05, 4.69) is 10.4 Å². The van der Waals surface area contributed by atoms with Crippen LogP contribution in [0.2, 0.25) is 0 Å². The zero-order valence-corrected chi connectivity index (χ0v) is 13.7. The summed E-state index contributed by atoms with van der Waals surface area (Å²) in [6, 6.07) is 13.6. The maximum Gasteiger partial charge on any atom is 0.349 e. The second kappa shape index (κ2) is 6.72. The van der Waals surface area contributed by atoms with Crippen molar-refractivity contribution >= 4 is 16.9 Å². The molecule has 0 fully saturated rings. The van der Waals surface area contributed by atoms with E-state index in [9.17, 15) is 9.59 Å². The van der Waals surface area contributed by atoms with E-state index in [0.717, 1.165) is 0 Å². The van der Waals surface area contributed by atoms with Crippen molar-refractivity contribution in [3.05, 3.63) is 88.9 Å². The molecule has 130 valence electrons. The van der Waals surface area contributed by atoms with Gasteiger partial charge in [0, 0.05) is 24.3 Å². The number of para-hydroxylation sites is 1. The second-order valence-corrected chi connectivity index (χ2v) is 5.71. The summed E-state index contributed by atoms with van der Waals surface area (Å²) >= 11 is 0. The van der Waals surface area contributed by atoms with Crippen LogP contribution in [0.15, 0.2) is 80.8 Å². The molecule has 26 heavy (non-hydrogen) atoms. The summed E-state index contributed by atoms with van der Waals surface area (Å²) in [5.41, 5.74) is -0.267. The summed E-state index contributed by atoms with van der Waals surface area (Å²) < 4.78 is 12.3. The molecule has 0 aliphatic rings. The molecule has 1 aromatic carbocycles. The fraction of sp³-hybridized carbons (Fsp3) is 0.105. The first-order chi connectivity index (χ1) is 12.7. The minimum atomic E-state index is -0.671. The van der Waals surface area contributed by atoms with E-state index in [1.54, 1.807) is 53.7 Å². The van der Waals surface area contributed by atoms with Crippen LogP contribution in [0.4, 0.5) is 0 Å². The summed E-state index contributed by atoms with van der Waals surface area (Å²) in [4.78, 5) is 24.6. The molecule has 3 aromatic heterocycles. The van der Waals surface area contributed by atoms with Gasteiger partial charge >= 0.3 is 5.63 Å². The van der Waals surface area contributed by atoms with E-state index in [1.165, 1.54) is 6.07 Å². The van der Waals surface area contributed by atoms with Gasteiger partial charge in [-0.25, -0.2) is 4.79 Å². The van der Waals surface area contributed by atoms with Crippen molar-refractivity contribution in [1.82, 2.24) is 15.1 Å². The highest BCUT2D eigenvalue weighted by molar-refractivity contribution is 5.96. The van der Waals surface area contributed by atoms with Gasteiger partial charge in [0.1, 0.15) is 22.9 Å². The molecule has 1 N–H and O–H groups in total. The summed E-state index contributed by atoms with van der Waals surface area (Å²) in [5, 5.41) is 7.66. The topological polar surface area (TPSA) is 90.3 Å². The predicted molar refractivity (Wildman–Crippen MR) is 93.9 cm³/mol. The molecule has 4 aromatic rings. The van der Waals surface area contributed by atoms with Crippen LogP contribution in [-0.4, -0.2) is 22.2 Å². The zero-order chi connectivity index (χ0) is 17.9. The number of hydrogen-bond acceptors (Lipinski definition) is 5. The van der Waals surface area contributed by atoms with E-state index in [-0.39, 0.29) is 18.2 Å². The van der Waals surface area contributed by atoms with Crippen LogP contribution in [0.3, 0.4) is 0 Å². The Hall–Kier alpha value is -3.61. The lowest BCUT2D eigenvalue weighted by molar-refractivity contribution is 0.0944. The van der Waals surface area contributed by atoms with Gasteiger partial charge in [0.15, 0.2) is 0 Å². The van der Waals surface area contributed by atoms with Crippen LogP contribution < -0.4 is 10.9 Å². The Labute approximate surface area is 147 Å². The molecule has 1 atom stereocenters. The third kappa shape index (κ3) is 3.02. The van der Waals surface area contributed by atoms with Crippen LogP contribution in [0, 0.1) is 0 Å². The highest BCUT2D eigenvalue weighted by atomic mass is 16.4. The fourth-order valence-corrected chi connectivity index (χ4v) is 2.78. The number of fused-ring (bicyclic) bond motifs is 1. The van der Waals surface area contributed by atoms with Gasteiger partial charge in [-0.05, 0) is 30.3 Å². The van der Waals surface area contributed by atoms with Gasteiger partial charge in [0.05, 0.1) is 6.26 Å². The van der Waals surface area contributed by atoms with Crippen LogP contribution in [0.1, 0.15) is 22.2 Å². The monoisotopic (exact) mass is 349 g/mol. The van der Waals surface area contributed by atoms with Crippen molar-refractivity contribution < 1.29 is 13.6 Å². The molecule has 7 nitrogen and oxygen atoms in total. The molecule has 0 radical (unpaired) electrons. The zero-order valence-electron chi connectivity index (χ0n) is 13.7. The molecule has 7 heteroatoms. The minimum absolute atomic E-state index is 0.0395. The van der Waals surface area contributed by atoms with Crippen LogP contribution in [0.5, 0.6) is 0 Å². The van der Waals surface area contributed by atoms with E-state index in [4.69, 9.17) is 8.83 Å². The highest BCUT2D eigenvalue weighted by Crippen LogP contribution is 2.17. The first kappa shape index (κ1) is 15.9. The van der Waals surface area contributed by atoms with E-state index < -0.39 is 11.5 Å². The van der Waals surface area contributed by atoms with Crippen molar-refractivity contribution in [1.29, 1.82) is 0 Å². The van der Waals surface area contributed by atoms with E-state index in [1.807, 2.05) is 12.1 Å². The number of nitrogens with zero attached hydrogens (tertiary/aromatic N) is 2. The molecule has 0 spiro atoms. The van der Waals surface area contributed by atoms with Crippen molar-refractivity contribution in [2.45, 2.75) is 6.04 Å². The Bertz CT molecular complexity index is 1050. The van der Waals surface area contributed by atoms with E-state index >= 15 is 0 Å². The van der Waals surface area contributed by atoms with E-state index in [0.29, 0.717) is 16.7 Å². The van der Waals surface area contributed by atoms with Gasteiger partial charge in [0.2, 0.25) is 0 Å². The van der Waals surface area contributed by atoms with Crippen molar-refractivity contribution in [3.63, 3.8) is 0 Å². The van der Waals surface area contributed by atoms with Crippen LogP contribution >= 0.6 is 0 Å². The fourth-order valence-electron chi connectivity index (χ4n) is 2.78. The van der Waals surface area contributed by atoms with Gasteiger partial charge in [-0.1, -0.05) is 18.2 Å². The first-order valence-electron chi connectivity index (χ1n) is 8.06. The summed E-state index contributed by atoms with van der Waals surface area (Å²) in [5.74, 6) is 0.146. The van der Waals surface area contributed by atoms with Gasteiger partial charge < -0.3 is 14.2 Å². The van der Waals surface area contributed by atoms with Crippen LogP contribution in [0.25, 0.3) is 11.0 Å². The molecular formula is C19H15N3O4. The average Bonchev–Trinajstić information content (AvgIpc) is 3.35. The Morgan fingerprint density at radius 1 is 1.19 bits per heavy atom. The number of carbonyl (C=O) groups excluding carboxylic acids is 1. The quantitative estimate of drug-likeness (QED) is 0.559. The Morgan fingerprint density at radius 3 is 2.85 bits per heavy atom. The largest absolute Gasteiger partial charge is 0.467 e. The third-order valence-electron chi connectivity index (χ3n) is 4.06. The Morgan fingerprint density at radius 2 is 2.08 bits per heavy atom. The number of carbonyl (C=O) groups is 1. The molecular weight excluding hydrogens is 334 g/mol. The number of benzene rings is 1. The van der Waals surface area contributed by atoms with Crippen molar-refractivity contribution in [2.75, 3.05) is 6.54 Å². The highest BCUT2D eigenvalue weighted by Gasteiger charge is 2.20. The molecule has 3 heterocycles. The number of hydrogen-bond donors (Lipinski definition) is 1. The SMILES string of the molecule is O=C(NCC(c1ccco1)n1cccn1)c1cc2ccccc2oc1=O. The summed E-state index contributed by atoms with van der Waals surface area (Å²) in [6.07, 6.45) is 4.99. The van der Waals surface area contributed by atoms with Gasteiger partial charge in [-0.15, -0.1) is 0 Å². The average molecular weight is 349 g/mol. The standard InChI is InChI=1S/C19H15N3O4/c23-18(14-11-13-5-1-2-6-16(13)26-19(14)24)20-12-15(17-7-3-10-25-17)22-9-4-8-21-22/h1-11,15H,12H2,(H,20,23). The molecule has 1 unspecified atom stereocenters. The molecule has 1 amide bonds. The Balaban J connectivity index is 1.58. The molecule has 0 bridgehead atoms. The third-order valence-corrected chi connectivity index (χ3v) is 4.06. The van der Waals surface area contributed by atoms with Crippen molar-refractivity contribution in [2.24, 2.45) is 0 Å². The molecule has 0 saturated carbocycles. The predicted octanol–water partition coefficient (Wildman–Crippen LogP) is 2.60. The molecule has 0 aliphatic heterocycles. The molecule has 0 saturated heterocycles. The number of nitrogens with one attached hydrogen (secondary N) is 1. The number of furan rings is 1. The maximum atomic E-state index is 12.5. The first-order valence-corrected chi connectivity index (χ1v) is 8.06. The Kier molecular flexibility index (Phi) is 4.10. The van der Waals surface area contributed by atoms with Crippen molar-refractivity contribution in [3.8, 4) is 0 Å².